The molecular formula is C29H46O3. The van der Waals surface area contributed by atoms with Gasteiger partial charge in [-0.1, -0.05) is 66.0 Å². The van der Waals surface area contributed by atoms with Crippen LogP contribution in [0, 0.1) is 50.7 Å². The van der Waals surface area contributed by atoms with Gasteiger partial charge in [-0.2, -0.15) is 0 Å². The number of carboxylic acids is 1. The lowest BCUT2D eigenvalue weighted by Gasteiger charge is -2.71. The second kappa shape index (κ2) is 6.86. The summed E-state index contributed by atoms with van der Waals surface area (Å²) in [5.74, 6) is 1.31. The van der Waals surface area contributed by atoms with Crippen molar-refractivity contribution in [3.8, 4) is 0 Å². The molecule has 0 radical (unpaired) electrons. The summed E-state index contributed by atoms with van der Waals surface area (Å²) in [5.41, 5.74) is 1.52. The number of aliphatic hydroxyl groups is 1. The Hall–Kier alpha value is -0.830. The molecule has 2 N–H and O–H groups in total. The predicted octanol–water partition coefficient (Wildman–Crippen LogP) is 6.84. The van der Waals surface area contributed by atoms with E-state index in [0.717, 1.165) is 44.9 Å². The Morgan fingerprint density at radius 2 is 1.66 bits per heavy atom. The van der Waals surface area contributed by atoms with Crippen LogP contribution in [0.25, 0.3) is 0 Å². The molecule has 180 valence electrons. The topological polar surface area (TPSA) is 57.5 Å². The largest absolute Gasteiger partial charge is 0.481 e. The SMILES string of the molecule is CC1CCCC2(C(=O)O)CC[C@]3(C)C(=CCC4C5(C)CCC(O)C(C)(C)C5CCC43C)C12. The monoisotopic (exact) mass is 442 g/mol. The van der Waals surface area contributed by atoms with Gasteiger partial charge >= 0.3 is 5.97 Å². The zero-order valence-electron chi connectivity index (χ0n) is 21.3. The molecule has 0 aromatic heterocycles. The first kappa shape index (κ1) is 22.9. The Kier molecular flexibility index (Phi) is 4.92. The van der Waals surface area contributed by atoms with E-state index in [1.807, 2.05) is 0 Å². The lowest BCUT2D eigenvalue weighted by molar-refractivity contribution is -0.205. The molecule has 5 aliphatic rings. The molecule has 8 unspecified atom stereocenters. The van der Waals surface area contributed by atoms with Crippen LogP contribution >= 0.6 is 0 Å². The van der Waals surface area contributed by atoms with Gasteiger partial charge in [0.2, 0.25) is 0 Å². The van der Waals surface area contributed by atoms with E-state index in [4.69, 9.17) is 0 Å². The molecule has 0 bridgehead atoms. The predicted molar refractivity (Wildman–Crippen MR) is 128 cm³/mol. The Balaban J connectivity index is 1.60. The van der Waals surface area contributed by atoms with Crippen LogP contribution in [-0.4, -0.2) is 22.3 Å². The third-order valence-electron chi connectivity index (χ3n) is 12.8. The molecule has 0 aromatic carbocycles. The summed E-state index contributed by atoms with van der Waals surface area (Å²) in [6.45, 7) is 14.6. The molecule has 0 aromatic rings. The highest BCUT2D eigenvalue weighted by atomic mass is 16.4. The van der Waals surface area contributed by atoms with Gasteiger partial charge in [-0.05, 0) is 96.7 Å². The zero-order valence-corrected chi connectivity index (χ0v) is 21.3. The van der Waals surface area contributed by atoms with Gasteiger partial charge in [-0.25, -0.2) is 0 Å². The van der Waals surface area contributed by atoms with E-state index in [0.29, 0.717) is 17.8 Å². The fourth-order valence-electron chi connectivity index (χ4n) is 10.7. The van der Waals surface area contributed by atoms with Crippen molar-refractivity contribution in [2.24, 2.45) is 50.7 Å². The minimum atomic E-state index is -0.539. The van der Waals surface area contributed by atoms with Crippen LogP contribution in [0.4, 0.5) is 0 Å². The van der Waals surface area contributed by atoms with Crippen molar-refractivity contribution in [3.63, 3.8) is 0 Å². The smallest absolute Gasteiger partial charge is 0.310 e. The van der Waals surface area contributed by atoms with E-state index < -0.39 is 11.4 Å². The van der Waals surface area contributed by atoms with Crippen LogP contribution in [0.3, 0.4) is 0 Å². The number of aliphatic hydroxyl groups excluding tert-OH is 1. The Bertz CT molecular complexity index is 843. The molecular weight excluding hydrogens is 396 g/mol. The highest BCUT2D eigenvalue weighted by molar-refractivity contribution is 5.76. The van der Waals surface area contributed by atoms with E-state index in [1.165, 1.54) is 24.8 Å². The van der Waals surface area contributed by atoms with E-state index >= 15 is 0 Å². The second-order valence-electron chi connectivity index (χ2n) is 14.0. The fourth-order valence-corrected chi connectivity index (χ4v) is 10.7. The zero-order chi connectivity index (χ0) is 23.3. The number of aliphatic carboxylic acids is 1. The molecule has 5 rings (SSSR count). The number of carbonyl (C=O) groups is 1. The first-order valence-corrected chi connectivity index (χ1v) is 13.5. The molecule has 0 spiro atoms. The maximum absolute atomic E-state index is 12.7. The number of rotatable bonds is 1. The van der Waals surface area contributed by atoms with E-state index in [2.05, 4.69) is 47.6 Å². The highest BCUT2D eigenvalue weighted by Gasteiger charge is 2.69. The third-order valence-corrected chi connectivity index (χ3v) is 12.8. The van der Waals surface area contributed by atoms with Crippen molar-refractivity contribution in [2.75, 3.05) is 0 Å². The standard InChI is InChI=1S/C29H46O3/c1-18-8-7-13-29(24(31)32)17-16-27(5)19(23(18)29)9-10-21-26(4)14-12-22(30)25(2,3)20(26)11-15-28(21,27)6/h9,18,20-23,30H,7-8,10-17H2,1-6H3,(H,31,32)/t18?,20?,21?,22?,23?,26?,27-,28?,29?/m1/s1. The van der Waals surface area contributed by atoms with E-state index in [-0.39, 0.29) is 33.7 Å². The quantitative estimate of drug-likeness (QED) is 0.437. The lowest BCUT2D eigenvalue weighted by atomic mass is 9.33. The van der Waals surface area contributed by atoms with Crippen molar-refractivity contribution in [3.05, 3.63) is 11.6 Å². The Morgan fingerprint density at radius 1 is 0.938 bits per heavy atom. The molecule has 4 fully saturated rings. The first-order valence-electron chi connectivity index (χ1n) is 13.5. The van der Waals surface area contributed by atoms with Crippen molar-refractivity contribution >= 4 is 5.97 Å². The third kappa shape index (κ3) is 2.56. The number of fused-ring (bicyclic) bond motifs is 7. The Morgan fingerprint density at radius 3 is 2.34 bits per heavy atom. The molecule has 0 heterocycles. The van der Waals surface area contributed by atoms with Crippen molar-refractivity contribution in [1.82, 2.24) is 0 Å². The number of hydrogen-bond acceptors (Lipinski definition) is 2. The average molecular weight is 443 g/mol. The summed E-state index contributed by atoms with van der Waals surface area (Å²) in [6, 6.07) is 0. The van der Waals surface area contributed by atoms with Crippen molar-refractivity contribution < 1.29 is 15.0 Å². The van der Waals surface area contributed by atoms with Crippen LogP contribution in [0.2, 0.25) is 0 Å². The Labute approximate surface area is 195 Å². The van der Waals surface area contributed by atoms with Crippen molar-refractivity contribution in [2.45, 2.75) is 112 Å². The molecule has 0 saturated heterocycles. The van der Waals surface area contributed by atoms with E-state index in [1.54, 1.807) is 0 Å². The van der Waals surface area contributed by atoms with Gasteiger partial charge < -0.3 is 10.2 Å². The van der Waals surface area contributed by atoms with Crippen LogP contribution in [-0.2, 0) is 4.79 Å². The van der Waals surface area contributed by atoms with Gasteiger partial charge in [0, 0.05) is 0 Å². The first-order chi connectivity index (χ1) is 14.8. The summed E-state index contributed by atoms with van der Waals surface area (Å²) < 4.78 is 0. The highest BCUT2D eigenvalue weighted by Crippen LogP contribution is 2.75. The molecule has 5 aliphatic carbocycles. The molecule has 3 heteroatoms. The maximum atomic E-state index is 12.7. The van der Waals surface area contributed by atoms with Crippen LogP contribution in [0.1, 0.15) is 106 Å². The molecule has 4 saturated carbocycles. The summed E-state index contributed by atoms with van der Waals surface area (Å²) in [6.07, 6.45) is 12.9. The van der Waals surface area contributed by atoms with Gasteiger partial charge in [-0.15, -0.1) is 0 Å². The van der Waals surface area contributed by atoms with Crippen molar-refractivity contribution in [1.29, 1.82) is 0 Å². The summed E-state index contributed by atoms with van der Waals surface area (Å²) in [5, 5.41) is 21.3. The normalized spacial score (nSPS) is 54.3. The molecule has 0 aliphatic heterocycles. The average Bonchev–Trinajstić information content (AvgIpc) is 2.71. The maximum Gasteiger partial charge on any atom is 0.310 e. The number of carboxylic acid groups (broad SMARTS) is 1. The lowest BCUT2D eigenvalue weighted by Crippen LogP contribution is -2.65. The van der Waals surface area contributed by atoms with Gasteiger partial charge in [0.1, 0.15) is 0 Å². The minimum Gasteiger partial charge on any atom is -0.481 e. The minimum absolute atomic E-state index is 0.0257. The van der Waals surface area contributed by atoms with E-state index in [9.17, 15) is 15.0 Å². The molecule has 9 atom stereocenters. The molecule has 32 heavy (non-hydrogen) atoms. The van der Waals surface area contributed by atoms with Crippen LogP contribution in [0.15, 0.2) is 11.6 Å². The fraction of sp³-hybridized carbons (Fsp3) is 0.897. The molecule has 0 amide bonds. The number of hydrogen-bond donors (Lipinski definition) is 2. The summed E-state index contributed by atoms with van der Waals surface area (Å²) in [7, 11) is 0. The van der Waals surface area contributed by atoms with Gasteiger partial charge in [0.05, 0.1) is 11.5 Å². The summed E-state index contributed by atoms with van der Waals surface area (Å²) in [4.78, 5) is 12.7. The van der Waals surface area contributed by atoms with Crippen LogP contribution < -0.4 is 0 Å². The summed E-state index contributed by atoms with van der Waals surface area (Å²) >= 11 is 0. The van der Waals surface area contributed by atoms with Gasteiger partial charge in [0.15, 0.2) is 0 Å². The second-order valence-corrected chi connectivity index (χ2v) is 14.0. The van der Waals surface area contributed by atoms with Gasteiger partial charge in [0.25, 0.3) is 0 Å². The number of allylic oxidation sites excluding steroid dienone is 2. The molecule has 3 nitrogen and oxygen atoms in total. The van der Waals surface area contributed by atoms with Crippen LogP contribution in [0.5, 0.6) is 0 Å². The van der Waals surface area contributed by atoms with Gasteiger partial charge in [-0.3, -0.25) is 4.79 Å².